The summed E-state index contributed by atoms with van der Waals surface area (Å²) in [6, 6.07) is 12.5. The maximum Gasteiger partial charge on any atom is 0.163 e. The summed E-state index contributed by atoms with van der Waals surface area (Å²) in [5.74, 6) is 0.891. The molecule has 0 radical (unpaired) electrons. The van der Waals surface area contributed by atoms with Gasteiger partial charge in [-0.2, -0.15) is 5.26 Å². The van der Waals surface area contributed by atoms with Gasteiger partial charge in [0, 0.05) is 0 Å². The van der Waals surface area contributed by atoms with Crippen molar-refractivity contribution in [2.45, 2.75) is 13.8 Å². The van der Waals surface area contributed by atoms with Crippen molar-refractivity contribution in [3.8, 4) is 17.6 Å². The summed E-state index contributed by atoms with van der Waals surface area (Å²) in [5, 5.41) is 8.95. The second-order valence-corrected chi connectivity index (χ2v) is 5.27. The second kappa shape index (κ2) is 5.89. The molecule has 0 atom stereocenters. The van der Waals surface area contributed by atoms with Crippen LogP contribution in [0.1, 0.15) is 28.4 Å². The van der Waals surface area contributed by atoms with Gasteiger partial charge in [0.25, 0.3) is 0 Å². The zero-order valence-electron chi connectivity index (χ0n) is 11.1. The lowest BCUT2D eigenvalue weighted by Crippen LogP contribution is -1.98. The molecule has 2 aromatic carbocycles. The van der Waals surface area contributed by atoms with Crippen molar-refractivity contribution in [3.63, 3.8) is 0 Å². The van der Waals surface area contributed by atoms with E-state index in [2.05, 4.69) is 15.9 Å². The average molecular weight is 330 g/mol. The minimum Gasteiger partial charge on any atom is -0.455 e. The molecule has 0 bridgehead atoms. The first-order chi connectivity index (χ1) is 9.51. The summed E-state index contributed by atoms with van der Waals surface area (Å²) in [6.45, 7) is 3.45. The molecule has 0 spiro atoms. The van der Waals surface area contributed by atoms with E-state index in [0.29, 0.717) is 22.6 Å². The molecule has 20 heavy (non-hydrogen) atoms. The van der Waals surface area contributed by atoms with E-state index in [4.69, 9.17) is 10.00 Å². The van der Waals surface area contributed by atoms with Gasteiger partial charge >= 0.3 is 0 Å². The Morgan fingerprint density at radius 1 is 1.20 bits per heavy atom. The summed E-state index contributed by atoms with van der Waals surface area (Å²) >= 11 is 3.43. The highest BCUT2D eigenvalue weighted by Crippen LogP contribution is 2.32. The quantitative estimate of drug-likeness (QED) is 0.771. The Labute approximate surface area is 125 Å². The number of rotatable bonds is 3. The van der Waals surface area contributed by atoms with Crippen molar-refractivity contribution in [2.75, 3.05) is 0 Å². The Kier molecular flexibility index (Phi) is 4.21. The highest BCUT2D eigenvalue weighted by Gasteiger charge is 2.12. The number of aryl methyl sites for hydroxylation is 1. The van der Waals surface area contributed by atoms with Crippen LogP contribution < -0.4 is 4.74 Å². The molecule has 0 unspecified atom stereocenters. The Morgan fingerprint density at radius 3 is 2.55 bits per heavy atom. The number of ether oxygens (including phenoxy) is 1. The van der Waals surface area contributed by atoms with Gasteiger partial charge in [-0.3, -0.25) is 4.79 Å². The number of hydrogen-bond acceptors (Lipinski definition) is 3. The van der Waals surface area contributed by atoms with Crippen LogP contribution in [0.25, 0.3) is 0 Å². The third-order valence-electron chi connectivity index (χ3n) is 2.80. The molecule has 0 heterocycles. The number of ketones is 1. The number of carbonyl (C=O) groups excluding carboxylic acids is 1. The Hall–Kier alpha value is -2.12. The molecule has 0 amide bonds. The molecule has 0 aromatic heterocycles. The molecule has 0 saturated carbocycles. The topological polar surface area (TPSA) is 50.1 Å². The van der Waals surface area contributed by atoms with E-state index >= 15 is 0 Å². The van der Waals surface area contributed by atoms with Gasteiger partial charge in [0.1, 0.15) is 11.5 Å². The van der Waals surface area contributed by atoms with Gasteiger partial charge in [0.2, 0.25) is 0 Å². The number of nitriles is 1. The lowest BCUT2D eigenvalue weighted by atomic mass is 10.1. The van der Waals surface area contributed by atoms with Crippen molar-refractivity contribution >= 4 is 21.7 Å². The van der Waals surface area contributed by atoms with Gasteiger partial charge in [-0.25, -0.2) is 0 Å². The predicted octanol–water partition coefficient (Wildman–Crippen LogP) is 4.62. The fourth-order valence-electron chi connectivity index (χ4n) is 1.77. The van der Waals surface area contributed by atoms with Crippen molar-refractivity contribution in [1.29, 1.82) is 5.26 Å². The number of benzene rings is 2. The zero-order valence-corrected chi connectivity index (χ0v) is 12.7. The van der Waals surface area contributed by atoms with Gasteiger partial charge in [-0.05, 0) is 65.7 Å². The number of halogens is 1. The number of carbonyl (C=O) groups is 1. The van der Waals surface area contributed by atoms with Crippen LogP contribution in [-0.2, 0) is 0 Å². The van der Waals surface area contributed by atoms with E-state index in [1.165, 1.54) is 6.92 Å². The molecule has 0 aliphatic heterocycles. The summed E-state index contributed by atoms with van der Waals surface area (Å²) < 4.78 is 6.58. The van der Waals surface area contributed by atoms with Crippen molar-refractivity contribution in [1.82, 2.24) is 0 Å². The van der Waals surface area contributed by atoms with Crippen LogP contribution >= 0.6 is 15.9 Å². The van der Waals surface area contributed by atoms with Gasteiger partial charge in [0.05, 0.1) is 21.7 Å². The number of Topliss-reactive ketones (excluding diaryl/α,β-unsaturated/α-hetero) is 1. The molecule has 2 rings (SSSR count). The van der Waals surface area contributed by atoms with E-state index in [1.807, 2.05) is 31.2 Å². The van der Waals surface area contributed by atoms with Crippen molar-refractivity contribution in [3.05, 3.63) is 57.6 Å². The van der Waals surface area contributed by atoms with Crippen LogP contribution in [-0.4, -0.2) is 5.78 Å². The maximum absolute atomic E-state index is 11.6. The average Bonchev–Trinajstić information content (AvgIpc) is 2.41. The van der Waals surface area contributed by atoms with Gasteiger partial charge in [-0.15, -0.1) is 0 Å². The van der Waals surface area contributed by atoms with Crippen LogP contribution in [0.3, 0.4) is 0 Å². The molecule has 0 N–H and O–H groups in total. The fourth-order valence-corrected chi connectivity index (χ4v) is 2.35. The molecule has 0 aliphatic carbocycles. The van der Waals surface area contributed by atoms with Gasteiger partial charge < -0.3 is 4.74 Å². The molecule has 3 nitrogen and oxygen atoms in total. The molecular formula is C16H12BrNO2. The van der Waals surface area contributed by atoms with Gasteiger partial charge in [-0.1, -0.05) is 6.07 Å². The number of hydrogen-bond donors (Lipinski definition) is 0. The van der Waals surface area contributed by atoms with Crippen LogP contribution in [0.15, 0.2) is 40.9 Å². The highest BCUT2D eigenvalue weighted by molar-refractivity contribution is 9.10. The normalized spacial score (nSPS) is 9.90. The van der Waals surface area contributed by atoms with E-state index in [9.17, 15) is 4.79 Å². The first-order valence-electron chi connectivity index (χ1n) is 6.00. The third kappa shape index (κ3) is 3.06. The summed E-state index contributed by atoms with van der Waals surface area (Å²) in [4.78, 5) is 11.6. The monoisotopic (exact) mass is 329 g/mol. The number of nitrogens with zero attached hydrogens (tertiary/aromatic N) is 1. The standard InChI is InChI=1S/C16H12BrNO2/c1-10-3-6-15(14(17)7-10)20-16-8-12(9-18)4-5-13(16)11(2)19/h3-8H,1-2H3. The van der Waals surface area contributed by atoms with Crippen molar-refractivity contribution in [2.24, 2.45) is 0 Å². The minimum absolute atomic E-state index is 0.104. The van der Waals surface area contributed by atoms with Crippen LogP contribution in [0, 0.1) is 18.3 Å². The van der Waals surface area contributed by atoms with Crippen molar-refractivity contribution < 1.29 is 9.53 Å². The zero-order chi connectivity index (χ0) is 14.7. The second-order valence-electron chi connectivity index (χ2n) is 4.41. The smallest absolute Gasteiger partial charge is 0.163 e. The molecule has 2 aromatic rings. The molecule has 100 valence electrons. The largest absolute Gasteiger partial charge is 0.455 e. The summed E-state index contributed by atoms with van der Waals surface area (Å²) in [7, 11) is 0. The first kappa shape index (κ1) is 14.3. The molecule has 0 saturated heterocycles. The molecular weight excluding hydrogens is 318 g/mol. The van der Waals surface area contributed by atoms with Gasteiger partial charge in [0.15, 0.2) is 5.78 Å². The molecule has 4 heteroatoms. The lowest BCUT2D eigenvalue weighted by Gasteiger charge is -2.11. The molecule has 0 fully saturated rings. The Bertz CT molecular complexity index is 717. The Morgan fingerprint density at radius 2 is 1.95 bits per heavy atom. The van der Waals surface area contributed by atoms with E-state index in [1.54, 1.807) is 18.2 Å². The molecule has 0 aliphatic rings. The lowest BCUT2D eigenvalue weighted by molar-refractivity contribution is 0.101. The fraction of sp³-hybridized carbons (Fsp3) is 0.125. The SMILES string of the molecule is CC(=O)c1ccc(C#N)cc1Oc1ccc(C)cc1Br. The van der Waals surface area contributed by atoms with Crippen LogP contribution in [0.2, 0.25) is 0 Å². The van der Waals surface area contributed by atoms with E-state index in [0.717, 1.165) is 10.0 Å². The predicted molar refractivity (Wildman–Crippen MR) is 80.1 cm³/mol. The van der Waals surface area contributed by atoms with E-state index < -0.39 is 0 Å². The van der Waals surface area contributed by atoms with Crippen LogP contribution in [0.4, 0.5) is 0 Å². The van der Waals surface area contributed by atoms with E-state index in [-0.39, 0.29) is 5.78 Å². The van der Waals surface area contributed by atoms with Crippen LogP contribution in [0.5, 0.6) is 11.5 Å². The third-order valence-corrected chi connectivity index (χ3v) is 3.42. The Balaban J connectivity index is 2.46. The maximum atomic E-state index is 11.6. The highest BCUT2D eigenvalue weighted by atomic mass is 79.9. The summed E-state index contributed by atoms with van der Waals surface area (Å²) in [5.41, 5.74) is 2.01. The first-order valence-corrected chi connectivity index (χ1v) is 6.79. The minimum atomic E-state index is -0.104. The summed E-state index contributed by atoms with van der Waals surface area (Å²) in [6.07, 6.45) is 0.